The van der Waals surface area contributed by atoms with Crippen molar-refractivity contribution in [3.63, 3.8) is 0 Å². The standard InChI is InChI=1S/C24H30N2O6/c1-15(2)9-10-32-19-8-7-16(11-20(19)28-3)24(27)26-18(14-25)17-12-21(29-4)23(31-6)22(13-17)30-5/h7-8,11-13,15,18H,9-10H2,1-6H3,(H,26,27). The van der Waals surface area contributed by atoms with Crippen LogP contribution in [0.5, 0.6) is 28.7 Å². The van der Waals surface area contributed by atoms with Crippen LogP contribution in [0.1, 0.15) is 42.2 Å². The van der Waals surface area contributed by atoms with Crippen LogP contribution in [0, 0.1) is 17.2 Å². The smallest absolute Gasteiger partial charge is 0.252 e. The Balaban J connectivity index is 2.24. The third-order valence-electron chi connectivity index (χ3n) is 4.80. The van der Waals surface area contributed by atoms with Crippen molar-refractivity contribution in [1.82, 2.24) is 5.32 Å². The van der Waals surface area contributed by atoms with E-state index in [0.717, 1.165) is 6.42 Å². The molecule has 1 N–H and O–H groups in total. The van der Waals surface area contributed by atoms with E-state index in [1.807, 2.05) is 0 Å². The fourth-order valence-electron chi connectivity index (χ4n) is 3.01. The highest BCUT2D eigenvalue weighted by atomic mass is 16.5. The molecule has 0 aromatic heterocycles. The Kier molecular flexibility index (Phi) is 9.02. The summed E-state index contributed by atoms with van der Waals surface area (Å²) in [7, 11) is 5.98. The van der Waals surface area contributed by atoms with Gasteiger partial charge in [0.05, 0.1) is 41.1 Å². The van der Waals surface area contributed by atoms with Crippen LogP contribution in [-0.4, -0.2) is 41.0 Å². The largest absolute Gasteiger partial charge is 0.493 e. The molecule has 0 aliphatic rings. The first kappa shape index (κ1) is 24.7. The summed E-state index contributed by atoms with van der Waals surface area (Å²) in [4.78, 5) is 12.9. The van der Waals surface area contributed by atoms with Gasteiger partial charge in [0, 0.05) is 5.56 Å². The summed E-state index contributed by atoms with van der Waals surface area (Å²) in [6, 6.07) is 9.32. The van der Waals surface area contributed by atoms with Crippen molar-refractivity contribution >= 4 is 5.91 Å². The molecule has 0 heterocycles. The van der Waals surface area contributed by atoms with Gasteiger partial charge in [-0.15, -0.1) is 0 Å². The summed E-state index contributed by atoms with van der Waals surface area (Å²) >= 11 is 0. The molecule has 2 aromatic rings. The lowest BCUT2D eigenvalue weighted by Gasteiger charge is -2.18. The van der Waals surface area contributed by atoms with Crippen molar-refractivity contribution in [2.45, 2.75) is 26.3 Å². The molecule has 8 heteroatoms. The molecule has 2 rings (SSSR count). The monoisotopic (exact) mass is 442 g/mol. The number of hydrogen-bond acceptors (Lipinski definition) is 7. The molecule has 0 spiro atoms. The van der Waals surface area contributed by atoms with Crippen molar-refractivity contribution in [2.75, 3.05) is 35.0 Å². The van der Waals surface area contributed by atoms with Gasteiger partial charge in [0.2, 0.25) is 5.75 Å². The first-order valence-electron chi connectivity index (χ1n) is 10.2. The maximum Gasteiger partial charge on any atom is 0.252 e. The van der Waals surface area contributed by atoms with Gasteiger partial charge in [0.1, 0.15) is 6.04 Å². The third kappa shape index (κ3) is 5.97. The molecular formula is C24H30N2O6. The van der Waals surface area contributed by atoms with Crippen molar-refractivity contribution in [2.24, 2.45) is 5.92 Å². The van der Waals surface area contributed by atoms with Crippen LogP contribution in [0.4, 0.5) is 0 Å². The molecule has 32 heavy (non-hydrogen) atoms. The van der Waals surface area contributed by atoms with Crippen LogP contribution in [0.2, 0.25) is 0 Å². The SMILES string of the molecule is COc1cc(C(=O)NC(C#N)c2cc(OC)c(OC)c(OC)c2)ccc1OCCC(C)C. The Labute approximate surface area is 189 Å². The predicted molar refractivity (Wildman–Crippen MR) is 120 cm³/mol. The topological polar surface area (TPSA) is 99.0 Å². The van der Waals surface area contributed by atoms with E-state index in [-0.39, 0.29) is 0 Å². The Hall–Kier alpha value is -3.60. The molecule has 0 radical (unpaired) electrons. The number of rotatable bonds is 11. The number of benzene rings is 2. The number of hydrogen-bond donors (Lipinski definition) is 1. The van der Waals surface area contributed by atoms with Crippen molar-refractivity contribution in [3.8, 4) is 34.8 Å². The maximum atomic E-state index is 12.9. The van der Waals surface area contributed by atoms with Crippen molar-refractivity contribution < 1.29 is 28.5 Å². The van der Waals surface area contributed by atoms with Gasteiger partial charge in [0.15, 0.2) is 23.0 Å². The minimum atomic E-state index is -0.941. The molecule has 0 bridgehead atoms. The van der Waals surface area contributed by atoms with Gasteiger partial charge in [-0.25, -0.2) is 0 Å². The molecule has 0 saturated carbocycles. The highest BCUT2D eigenvalue weighted by Crippen LogP contribution is 2.39. The van der Waals surface area contributed by atoms with E-state index in [2.05, 4.69) is 25.2 Å². The highest BCUT2D eigenvalue weighted by molar-refractivity contribution is 5.95. The minimum Gasteiger partial charge on any atom is -0.493 e. The Morgan fingerprint density at radius 3 is 2.06 bits per heavy atom. The molecule has 1 unspecified atom stereocenters. The number of amides is 1. The number of nitriles is 1. The summed E-state index contributed by atoms with van der Waals surface area (Å²) in [6.07, 6.45) is 0.907. The van der Waals surface area contributed by atoms with E-state index in [0.29, 0.717) is 52.4 Å². The van der Waals surface area contributed by atoms with Crippen LogP contribution >= 0.6 is 0 Å². The average Bonchev–Trinajstić information content (AvgIpc) is 2.81. The summed E-state index contributed by atoms with van der Waals surface area (Å²) in [6.45, 7) is 4.79. The lowest BCUT2D eigenvalue weighted by molar-refractivity contribution is 0.0944. The molecule has 0 aliphatic carbocycles. The molecule has 172 valence electrons. The number of ether oxygens (including phenoxy) is 5. The van der Waals surface area contributed by atoms with E-state index in [1.165, 1.54) is 28.4 Å². The van der Waals surface area contributed by atoms with Gasteiger partial charge in [-0.3, -0.25) is 4.79 Å². The summed E-state index contributed by atoms with van der Waals surface area (Å²) in [5.74, 6) is 2.27. The third-order valence-corrected chi connectivity index (χ3v) is 4.80. The number of nitrogens with zero attached hydrogens (tertiary/aromatic N) is 1. The van der Waals surface area contributed by atoms with E-state index in [4.69, 9.17) is 23.7 Å². The molecule has 1 amide bonds. The fourth-order valence-corrected chi connectivity index (χ4v) is 3.01. The molecule has 0 saturated heterocycles. The maximum absolute atomic E-state index is 12.9. The zero-order chi connectivity index (χ0) is 23.7. The van der Waals surface area contributed by atoms with Gasteiger partial charge in [0.25, 0.3) is 5.91 Å². The summed E-state index contributed by atoms with van der Waals surface area (Å²) < 4.78 is 27.1. The van der Waals surface area contributed by atoms with Crippen LogP contribution in [0.15, 0.2) is 30.3 Å². The lowest BCUT2D eigenvalue weighted by Crippen LogP contribution is -2.27. The highest BCUT2D eigenvalue weighted by Gasteiger charge is 2.21. The predicted octanol–water partition coefficient (Wildman–Crippen LogP) is 4.14. The Morgan fingerprint density at radius 1 is 0.938 bits per heavy atom. The first-order valence-corrected chi connectivity index (χ1v) is 10.2. The number of nitrogens with one attached hydrogen (secondary N) is 1. The van der Waals surface area contributed by atoms with Crippen LogP contribution in [0.3, 0.4) is 0 Å². The van der Waals surface area contributed by atoms with Gasteiger partial charge < -0.3 is 29.0 Å². The fraction of sp³-hybridized carbons (Fsp3) is 0.417. The van der Waals surface area contributed by atoms with Crippen LogP contribution in [-0.2, 0) is 0 Å². The molecule has 8 nitrogen and oxygen atoms in total. The van der Waals surface area contributed by atoms with Crippen LogP contribution < -0.4 is 29.0 Å². The second-order valence-electron chi connectivity index (χ2n) is 7.39. The summed E-state index contributed by atoms with van der Waals surface area (Å²) in [5, 5.41) is 12.4. The van der Waals surface area contributed by atoms with Gasteiger partial charge >= 0.3 is 0 Å². The van der Waals surface area contributed by atoms with E-state index in [9.17, 15) is 10.1 Å². The number of carbonyl (C=O) groups excluding carboxylic acids is 1. The van der Waals surface area contributed by atoms with Crippen molar-refractivity contribution in [3.05, 3.63) is 41.5 Å². The van der Waals surface area contributed by atoms with Gasteiger partial charge in [-0.05, 0) is 48.2 Å². The van der Waals surface area contributed by atoms with E-state index in [1.54, 1.807) is 30.3 Å². The quantitative estimate of drug-likeness (QED) is 0.558. The Bertz CT molecular complexity index is 942. The second-order valence-corrected chi connectivity index (χ2v) is 7.39. The molecule has 0 fully saturated rings. The first-order chi connectivity index (χ1) is 15.4. The average molecular weight is 443 g/mol. The zero-order valence-electron chi connectivity index (χ0n) is 19.4. The van der Waals surface area contributed by atoms with Gasteiger partial charge in [-0.1, -0.05) is 13.8 Å². The normalized spacial score (nSPS) is 11.3. The Morgan fingerprint density at radius 2 is 1.56 bits per heavy atom. The second kappa shape index (κ2) is 11.7. The van der Waals surface area contributed by atoms with Crippen LogP contribution in [0.25, 0.3) is 0 Å². The molecule has 2 aromatic carbocycles. The number of methoxy groups -OCH3 is 4. The van der Waals surface area contributed by atoms with Gasteiger partial charge in [-0.2, -0.15) is 5.26 Å². The summed E-state index contributed by atoms with van der Waals surface area (Å²) in [5.41, 5.74) is 0.835. The molecule has 0 aliphatic heterocycles. The van der Waals surface area contributed by atoms with Crippen molar-refractivity contribution in [1.29, 1.82) is 5.26 Å². The van der Waals surface area contributed by atoms with E-state index < -0.39 is 11.9 Å². The van der Waals surface area contributed by atoms with E-state index >= 15 is 0 Å². The molecular weight excluding hydrogens is 412 g/mol. The number of carbonyl (C=O) groups is 1. The minimum absolute atomic E-state index is 0.339. The zero-order valence-corrected chi connectivity index (χ0v) is 19.4. The lowest BCUT2D eigenvalue weighted by atomic mass is 10.1. The molecule has 1 atom stereocenters.